The van der Waals surface area contributed by atoms with E-state index in [1.807, 2.05) is 32.0 Å². The molecule has 2 aliphatic rings. The normalized spacial score (nSPS) is 22.9. The zero-order chi connectivity index (χ0) is 23.3. The molecule has 2 aromatic heterocycles. The minimum absolute atomic E-state index is 0.133. The predicted octanol–water partition coefficient (Wildman–Crippen LogP) is 4.25. The summed E-state index contributed by atoms with van der Waals surface area (Å²) < 4.78 is 14.5. The summed E-state index contributed by atoms with van der Waals surface area (Å²) in [5.74, 6) is -0.533. The second-order valence-electron chi connectivity index (χ2n) is 9.17. The number of benzene rings is 1. The summed E-state index contributed by atoms with van der Waals surface area (Å²) in [6, 6.07) is 13.5. The highest BCUT2D eigenvalue weighted by molar-refractivity contribution is 6.02. The summed E-state index contributed by atoms with van der Waals surface area (Å²) in [5.41, 5.74) is 9.64. The van der Waals surface area contributed by atoms with Crippen molar-refractivity contribution in [1.29, 1.82) is 0 Å². The molecule has 0 saturated heterocycles. The van der Waals surface area contributed by atoms with Crippen molar-refractivity contribution in [3.05, 3.63) is 83.1 Å². The van der Waals surface area contributed by atoms with Crippen molar-refractivity contribution in [2.24, 2.45) is 10.7 Å². The van der Waals surface area contributed by atoms with Gasteiger partial charge in [-0.3, -0.25) is 14.7 Å². The molecule has 2 N–H and O–H groups in total. The van der Waals surface area contributed by atoms with Crippen LogP contribution in [0.2, 0.25) is 0 Å². The summed E-state index contributed by atoms with van der Waals surface area (Å²) in [7, 11) is 1.64. The van der Waals surface area contributed by atoms with Crippen molar-refractivity contribution in [1.82, 2.24) is 14.9 Å². The third-order valence-corrected chi connectivity index (χ3v) is 6.74. The van der Waals surface area contributed by atoms with Crippen molar-refractivity contribution in [2.75, 3.05) is 7.05 Å². The first-order valence-electron chi connectivity index (χ1n) is 11.1. The molecule has 3 heterocycles. The van der Waals surface area contributed by atoms with E-state index in [-0.39, 0.29) is 11.9 Å². The van der Waals surface area contributed by atoms with Gasteiger partial charge >= 0.3 is 0 Å². The molecule has 5 rings (SSSR count). The maximum absolute atomic E-state index is 14.5. The first-order valence-corrected chi connectivity index (χ1v) is 11.1. The number of nitrogens with zero attached hydrogens (tertiary/aromatic N) is 4. The summed E-state index contributed by atoms with van der Waals surface area (Å²) in [5, 5.41) is 0. The van der Waals surface area contributed by atoms with Crippen LogP contribution in [0.4, 0.5) is 4.39 Å². The predicted molar refractivity (Wildman–Crippen MR) is 125 cm³/mol. The molecule has 7 heteroatoms. The summed E-state index contributed by atoms with van der Waals surface area (Å²) >= 11 is 0. The van der Waals surface area contributed by atoms with Crippen LogP contribution in [0.3, 0.4) is 0 Å². The van der Waals surface area contributed by atoms with E-state index in [2.05, 4.69) is 22.1 Å². The molecule has 0 radical (unpaired) electrons. The van der Waals surface area contributed by atoms with Gasteiger partial charge in [-0.25, -0.2) is 9.98 Å². The van der Waals surface area contributed by atoms with E-state index in [0.717, 1.165) is 16.7 Å². The highest BCUT2D eigenvalue weighted by Gasteiger charge is 2.47. The fourth-order valence-corrected chi connectivity index (χ4v) is 4.62. The van der Waals surface area contributed by atoms with Gasteiger partial charge in [-0.2, -0.15) is 4.39 Å². The van der Waals surface area contributed by atoms with E-state index in [9.17, 15) is 9.18 Å². The first kappa shape index (κ1) is 21.2. The molecule has 6 nitrogen and oxygen atoms in total. The van der Waals surface area contributed by atoms with E-state index >= 15 is 0 Å². The molecule has 0 unspecified atom stereocenters. The topological polar surface area (TPSA) is 84.5 Å². The number of amides is 1. The molecule has 0 spiro atoms. The number of aliphatic imine (C=N–C) groups is 1. The third-order valence-electron chi connectivity index (χ3n) is 6.74. The van der Waals surface area contributed by atoms with Crippen LogP contribution in [-0.2, 0) is 10.3 Å². The Labute approximate surface area is 192 Å². The Morgan fingerprint density at radius 1 is 1.09 bits per heavy atom. The molecule has 1 aliphatic heterocycles. The van der Waals surface area contributed by atoms with Gasteiger partial charge in [-0.1, -0.05) is 24.3 Å². The molecule has 1 fully saturated rings. The molecule has 33 heavy (non-hydrogen) atoms. The van der Waals surface area contributed by atoms with Crippen molar-refractivity contribution in [2.45, 2.75) is 44.1 Å². The highest BCUT2D eigenvalue weighted by atomic mass is 19.1. The van der Waals surface area contributed by atoms with Crippen LogP contribution in [0, 0.1) is 12.9 Å². The Kier molecular flexibility index (Phi) is 5.00. The number of pyridine rings is 2. The van der Waals surface area contributed by atoms with Crippen LogP contribution in [0.5, 0.6) is 0 Å². The molecule has 1 aliphatic carbocycles. The summed E-state index contributed by atoms with van der Waals surface area (Å²) in [6.07, 6.45) is 5.52. The minimum atomic E-state index is -0.986. The maximum atomic E-state index is 14.5. The van der Waals surface area contributed by atoms with Gasteiger partial charge in [0.2, 0.25) is 11.9 Å². The van der Waals surface area contributed by atoms with Crippen LogP contribution < -0.4 is 5.73 Å². The van der Waals surface area contributed by atoms with Crippen LogP contribution in [0.15, 0.2) is 59.9 Å². The largest absolute Gasteiger partial charge is 0.369 e. The molecule has 168 valence electrons. The fraction of sp³-hybridized carbons (Fsp3) is 0.308. The lowest BCUT2D eigenvalue weighted by Gasteiger charge is -2.41. The van der Waals surface area contributed by atoms with E-state index in [4.69, 9.17) is 10.7 Å². The number of aromatic nitrogens is 2. The van der Waals surface area contributed by atoms with E-state index in [1.54, 1.807) is 25.4 Å². The number of aryl methyl sites for hydroxylation is 1. The van der Waals surface area contributed by atoms with Crippen molar-refractivity contribution >= 4 is 11.9 Å². The lowest BCUT2D eigenvalue weighted by atomic mass is 9.74. The molecule has 1 aromatic carbocycles. The van der Waals surface area contributed by atoms with Crippen molar-refractivity contribution < 1.29 is 9.18 Å². The fourth-order valence-electron chi connectivity index (χ4n) is 4.62. The number of rotatable bonds is 4. The van der Waals surface area contributed by atoms with Gasteiger partial charge in [0, 0.05) is 19.4 Å². The first-order chi connectivity index (χ1) is 15.8. The Morgan fingerprint density at radius 3 is 2.48 bits per heavy atom. The van der Waals surface area contributed by atoms with E-state index in [1.165, 1.54) is 29.5 Å². The van der Waals surface area contributed by atoms with Gasteiger partial charge in [0.25, 0.3) is 0 Å². The lowest BCUT2D eigenvalue weighted by Crippen LogP contribution is -2.52. The number of halogens is 1. The number of nitrogens with two attached hydrogens (primary N) is 1. The number of carbonyl (C=O) groups excluding carboxylic acids is 1. The standard InChI is InChI=1S/C26H26FN5O/c1-15-12-20(23(27)30-14-15)21-13-19(10-11-29-21)26(2)22(24(33)32(3)25(28)31-26)18-8-6-17(7-9-18)16-4-5-16/h6-14,16,22H,4-5H2,1-3H3,(H2,28,31)/t22-,26+/m0/s1. The van der Waals surface area contributed by atoms with Gasteiger partial charge in [-0.15, -0.1) is 0 Å². The lowest BCUT2D eigenvalue weighted by molar-refractivity contribution is -0.130. The second-order valence-corrected chi connectivity index (χ2v) is 9.17. The highest BCUT2D eigenvalue weighted by Crippen LogP contribution is 2.46. The Bertz CT molecular complexity index is 1270. The molecule has 2 atom stereocenters. The van der Waals surface area contributed by atoms with Crippen LogP contribution in [0.1, 0.15) is 53.9 Å². The number of guanidine groups is 1. The summed E-state index contributed by atoms with van der Waals surface area (Å²) in [6.45, 7) is 3.75. The number of hydrogen-bond donors (Lipinski definition) is 1. The minimum Gasteiger partial charge on any atom is -0.369 e. The van der Waals surface area contributed by atoms with Crippen LogP contribution >= 0.6 is 0 Å². The molecular weight excluding hydrogens is 417 g/mol. The number of carbonyl (C=O) groups is 1. The van der Waals surface area contributed by atoms with Gasteiger partial charge in [0.1, 0.15) is 5.54 Å². The maximum Gasteiger partial charge on any atom is 0.239 e. The number of likely N-dealkylation sites (N-methyl/N-ethyl adjacent to an activating group) is 1. The van der Waals surface area contributed by atoms with E-state index < -0.39 is 17.4 Å². The second kappa shape index (κ2) is 7.76. The van der Waals surface area contributed by atoms with Gasteiger partial charge in [-0.05, 0) is 73.1 Å². The van der Waals surface area contributed by atoms with Gasteiger partial charge in [0.05, 0.1) is 17.2 Å². The Balaban J connectivity index is 1.63. The average Bonchev–Trinajstić information content (AvgIpc) is 3.65. The Morgan fingerprint density at radius 2 is 1.79 bits per heavy atom. The van der Waals surface area contributed by atoms with E-state index in [0.29, 0.717) is 17.2 Å². The van der Waals surface area contributed by atoms with Crippen LogP contribution in [0.25, 0.3) is 11.3 Å². The smallest absolute Gasteiger partial charge is 0.239 e. The SMILES string of the molecule is Cc1cnc(F)c(-c2cc([C@@]3(C)N=C(N)N(C)C(=O)[C@@H]3c3ccc(C4CC4)cc3)ccn2)c1. The quantitative estimate of drug-likeness (QED) is 0.611. The van der Waals surface area contributed by atoms with Gasteiger partial charge in [0.15, 0.2) is 5.96 Å². The molecule has 1 saturated carbocycles. The monoisotopic (exact) mass is 443 g/mol. The summed E-state index contributed by atoms with van der Waals surface area (Å²) in [4.78, 5) is 27.9. The molecule has 1 amide bonds. The zero-order valence-corrected chi connectivity index (χ0v) is 18.9. The van der Waals surface area contributed by atoms with Gasteiger partial charge < -0.3 is 5.73 Å². The third kappa shape index (κ3) is 3.67. The molecule has 0 bridgehead atoms. The number of hydrogen-bond acceptors (Lipinski definition) is 5. The molecule has 3 aromatic rings. The Hall–Kier alpha value is -3.61. The average molecular weight is 444 g/mol. The zero-order valence-electron chi connectivity index (χ0n) is 18.9. The van der Waals surface area contributed by atoms with Crippen molar-refractivity contribution in [3.8, 4) is 11.3 Å². The van der Waals surface area contributed by atoms with Crippen molar-refractivity contribution in [3.63, 3.8) is 0 Å². The van der Waals surface area contributed by atoms with Crippen LogP contribution in [-0.4, -0.2) is 33.8 Å². The molecular formula is C26H26FN5O.